The lowest BCUT2D eigenvalue weighted by Crippen LogP contribution is -2.49. The number of anilines is 1. The molecule has 3 heterocycles. The van der Waals surface area contributed by atoms with Gasteiger partial charge in [-0.3, -0.25) is 14.3 Å². The van der Waals surface area contributed by atoms with Crippen LogP contribution in [-0.4, -0.2) is 19.4 Å². The zero-order valence-corrected chi connectivity index (χ0v) is 21.2. The van der Waals surface area contributed by atoms with E-state index >= 15 is 0 Å². The molecule has 0 bridgehead atoms. The number of pyridine rings is 1. The third-order valence-corrected chi connectivity index (χ3v) is 6.87. The molecule has 0 radical (unpaired) electrons. The van der Waals surface area contributed by atoms with E-state index in [1.165, 1.54) is 13.1 Å². The molecule has 190 valence electrons. The van der Waals surface area contributed by atoms with Gasteiger partial charge in [-0.1, -0.05) is 62.4 Å². The van der Waals surface area contributed by atoms with Crippen LogP contribution in [0.4, 0.5) is 10.1 Å². The summed E-state index contributed by atoms with van der Waals surface area (Å²) >= 11 is 0. The molecule has 2 aromatic carbocycles. The maximum absolute atomic E-state index is 13.6. The van der Waals surface area contributed by atoms with Gasteiger partial charge in [0.15, 0.2) is 0 Å². The molecule has 4 aromatic rings. The number of aromatic amines is 1. The maximum atomic E-state index is 13.6. The van der Waals surface area contributed by atoms with E-state index in [0.29, 0.717) is 36.5 Å². The number of benzene rings is 2. The molecule has 1 aliphatic rings. The van der Waals surface area contributed by atoms with Gasteiger partial charge in [0.1, 0.15) is 5.66 Å². The number of halogens is 1. The monoisotopic (exact) mass is 499 g/mol. The van der Waals surface area contributed by atoms with Crippen molar-refractivity contribution in [1.29, 1.82) is 0 Å². The van der Waals surface area contributed by atoms with Crippen molar-refractivity contribution < 1.29 is 4.39 Å². The van der Waals surface area contributed by atoms with E-state index in [9.17, 15) is 14.0 Å². The molecule has 0 amide bonds. The number of hydrogen-bond acceptors (Lipinski definition) is 5. The minimum Gasteiger partial charge on any atom is -0.362 e. The summed E-state index contributed by atoms with van der Waals surface area (Å²) in [6.07, 6.45) is 0.670. The Morgan fingerprint density at radius 3 is 2.43 bits per heavy atom. The quantitative estimate of drug-likeness (QED) is 0.363. The summed E-state index contributed by atoms with van der Waals surface area (Å²) < 4.78 is 14.7. The predicted molar refractivity (Wildman–Crippen MR) is 142 cm³/mol. The number of nitrogens with one attached hydrogen (secondary N) is 2. The van der Waals surface area contributed by atoms with Gasteiger partial charge >= 0.3 is 5.69 Å². The second-order valence-corrected chi connectivity index (χ2v) is 10.00. The summed E-state index contributed by atoms with van der Waals surface area (Å²) in [5, 5.41) is 3.69. The minimum atomic E-state index is -0.791. The van der Waals surface area contributed by atoms with Crippen LogP contribution in [0, 0.1) is 11.9 Å². The average Bonchev–Trinajstić information content (AvgIpc) is 3.15. The van der Waals surface area contributed by atoms with Crippen molar-refractivity contribution in [2.24, 2.45) is 13.0 Å². The summed E-state index contributed by atoms with van der Waals surface area (Å²) in [4.78, 5) is 35.1. The molecule has 37 heavy (non-hydrogen) atoms. The molecule has 0 aliphatic carbocycles. The Kier molecular flexibility index (Phi) is 6.52. The Bertz CT molecular complexity index is 1530. The third-order valence-electron chi connectivity index (χ3n) is 6.87. The zero-order valence-electron chi connectivity index (χ0n) is 21.2. The Labute approximate surface area is 214 Å². The molecule has 2 aromatic heterocycles. The lowest BCUT2D eigenvalue weighted by molar-refractivity contribution is 0.0928. The highest BCUT2D eigenvalue weighted by Gasteiger charge is 2.48. The van der Waals surface area contributed by atoms with Gasteiger partial charge in [-0.15, -0.1) is 0 Å². The second kappa shape index (κ2) is 9.78. The van der Waals surface area contributed by atoms with Crippen molar-refractivity contribution >= 4 is 5.69 Å². The summed E-state index contributed by atoms with van der Waals surface area (Å²) in [6.45, 7) is 5.18. The first-order chi connectivity index (χ1) is 17.8. The van der Waals surface area contributed by atoms with Gasteiger partial charge < -0.3 is 10.3 Å². The second-order valence-electron chi connectivity index (χ2n) is 10.00. The number of rotatable bonds is 7. The predicted octanol–water partition coefficient (Wildman–Crippen LogP) is 4.60. The van der Waals surface area contributed by atoms with Crippen molar-refractivity contribution in [3.05, 3.63) is 116 Å². The van der Waals surface area contributed by atoms with E-state index in [2.05, 4.69) is 34.0 Å². The standard InChI is InChI=1S/C29H30FN5O2/c1-19(2)16-29(33-22-8-5-4-6-9-22)26-23(27(36)34(3)28(37)32-26)18-35(29)17-20-12-14-21(15-13-20)24-10-7-11-25(30)31-24/h4-15,19,33H,16-18H2,1-3H3,(H,32,37). The fraction of sp³-hybridized carbons (Fsp3) is 0.276. The summed E-state index contributed by atoms with van der Waals surface area (Å²) in [5.74, 6) is -0.254. The highest BCUT2D eigenvalue weighted by molar-refractivity contribution is 5.59. The molecule has 0 saturated carbocycles. The van der Waals surface area contributed by atoms with E-state index in [0.717, 1.165) is 21.4 Å². The van der Waals surface area contributed by atoms with E-state index < -0.39 is 17.3 Å². The maximum Gasteiger partial charge on any atom is 0.328 e. The molecule has 5 rings (SSSR count). The highest BCUT2D eigenvalue weighted by Crippen LogP contribution is 2.42. The topological polar surface area (TPSA) is 83.0 Å². The Morgan fingerprint density at radius 1 is 1.03 bits per heavy atom. The third kappa shape index (κ3) is 4.72. The smallest absolute Gasteiger partial charge is 0.328 e. The van der Waals surface area contributed by atoms with Crippen molar-refractivity contribution in [1.82, 2.24) is 19.4 Å². The molecule has 0 saturated heterocycles. The summed E-state index contributed by atoms with van der Waals surface area (Å²) in [7, 11) is 1.50. The van der Waals surface area contributed by atoms with Crippen LogP contribution in [-0.2, 0) is 25.8 Å². The van der Waals surface area contributed by atoms with Crippen LogP contribution in [0.2, 0.25) is 0 Å². The van der Waals surface area contributed by atoms with Gasteiger partial charge in [-0.2, -0.15) is 4.39 Å². The Balaban J connectivity index is 1.57. The molecular weight excluding hydrogens is 469 g/mol. The lowest BCUT2D eigenvalue weighted by atomic mass is 9.92. The number of hydrogen-bond donors (Lipinski definition) is 2. The number of H-pyrrole nitrogens is 1. The van der Waals surface area contributed by atoms with Crippen LogP contribution in [0.3, 0.4) is 0 Å². The molecule has 8 heteroatoms. The molecule has 1 aliphatic heterocycles. The molecule has 1 unspecified atom stereocenters. The van der Waals surface area contributed by atoms with Gasteiger partial charge in [0.2, 0.25) is 5.95 Å². The molecule has 1 atom stereocenters. The van der Waals surface area contributed by atoms with Crippen LogP contribution in [0.5, 0.6) is 0 Å². The normalized spacial score (nSPS) is 17.2. The van der Waals surface area contributed by atoms with Gasteiger partial charge in [0, 0.05) is 31.4 Å². The van der Waals surface area contributed by atoms with Crippen LogP contribution in [0.15, 0.2) is 82.4 Å². The first-order valence-electron chi connectivity index (χ1n) is 12.4. The number of fused-ring (bicyclic) bond motifs is 1. The van der Waals surface area contributed by atoms with Crippen LogP contribution in [0.1, 0.15) is 37.1 Å². The molecule has 0 fully saturated rings. The zero-order chi connectivity index (χ0) is 26.2. The number of aromatic nitrogens is 3. The van der Waals surface area contributed by atoms with Gasteiger partial charge in [0.05, 0.1) is 17.0 Å². The molecular formula is C29H30FN5O2. The first-order valence-corrected chi connectivity index (χ1v) is 12.4. The largest absolute Gasteiger partial charge is 0.362 e. The highest BCUT2D eigenvalue weighted by atomic mass is 19.1. The van der Waals surface area contributed by atoms with Crippen molar-refractivity contribution in [2.75, 3.05) is 5.32 Å². The number of para-hydroxylation sites is 1. The van der Waals surface area contributed by atoms with E-state index in [1.54, 1.807) is 12.1 Å². The van der Waals surface area contributed by atoms with Crippen molar-refractivity contribution in [3.8, 4) is 11.3 Å². The lowest BCUT2D eigenvalue weighted by Gasteiger charge is -2.41. The summed E-state index contributed by atoms with van der Waals surface area (Å²) in [5.41, 5.74) is 3.02. The Hall–Kier alpha value is -4.04. The van der Waals surface area contributed by atoms with Gasteiger partial charge in [-0.25, -0.2) is 9.78 Å². The molecule has 0 spiro atoms. The minimum absolute atomic E-state index is 0.263. The van der Waals surface area contributed by atoms with Crippen molar-refractivity contribution in [2.45, 2.75) is 39.0 Å². The van der Waals surface area contributed by atoms with Crippen LogP contribution in [0.25, 0.3) is 11.3 Å². The molecule has 2 N–H and O–H groups in total. The Morgan fingerprint density at radius 2 is 1.76 bits per heavy atom. The number of nitrogens with zero attached hydrogens (tertiary/aromatic N) is 3. The SMILES string of the molecule is CC(C)CC1(Nc2ccccc2)c2[nH]c(=O)n(C)c(=O)c2CN1Cc1ccc(-c2cccc(F)n2)cc1. The average molecular weight is 500 g/mol. The van der Waals surface area contributed by atoms with Crippen LogP contribution < -0.4 is 16.6 Å². The molecule has 7 nitrogen and oxygen atoms in total. The first kappa shape index (κ1) is 24.6. The van der Waals surface area contributed by atoms with E-state index in [1.807, 2.05) is 54.6 Å². The van der Waals surface area contributed by atoms with Crippen LogP contribution >= 0.6 is 0 Å². The van der Waals surface area contributed by atoms with E-state index in [-0.39, 0.29) is 11.5 Å². The van der Waals surface area contributed by atoms with Gasteiger partial charge in [0.25, 0.3) is 5.56 Å². The fourth-order valence-corrected chi connectivity index (χ4v) is 5.19. The van der Waals surface area contributed by atoms with E-state index in [4.69, 9.17) is 0 Å². The summed E-state index contributed by atoms with van der Waals surface area (Å²) in [6, 6.07) is 22.4. The fourth-order valence-electron chi connectivity index (χ4n) is 5.19. The van der Waals surface area contributed by atoms with Crippen molar-refractivity contribution in [3.63, 3.8) is 0 Å². The van der Waals surface area contributed by atoms with Gasteiger partial charge in [-0.05, 0) is 42.2 Å².